The van der Waals surface area contributed by atoms with E-state index in [9.17, 15) is 8.42 Å². The van der Waals surface area contributed by atoms with E-state index in [-0.39, 0.29) is 0 Å². The molecule has 0 aliphatic heterocycles. The van der Waals surface area contributed by atoms with E-state index in [1.54, 1.807) is 22.6 Å². The monoisotopic (exact) mass is 247 g/mol. The van der Waals surface area contributed by atoms with Crippen molar-refractivity contribution in [1.29, 1.82) is 0 Å². The van der Waals surface area contributed by atoms with Crippen LogP contribution in [0.15, 0.2) is 10.2 Å². The number of sulfone groups is 1. The minimum Gasteiger partial charge on any atom is -0.229 e. The molecule has 0 aliphatic carbocycles. The Hall–Kier alpha value is 0.420. The first-order valence-corrected chi connectivity index (χ1v) is 4.84. The molecule has 1 atom stereocenters. The van der Waals surface area contributed by atoms with Crippen LogP contribution in [0.3, 0.4) is 0 Å². The molecular formula is C4H7IO2S. The Labute approximate surface area is 64.4 Å². The summed E-state index contributed by atoms with van der Waals surface area (Å²) in [6.45, 7) is 3.34. The number of halogens is 1. The third-order valence-electron chi connectivity index (χ3n) is 0.342. The van der Waals surface area contributed by atoms with Crippen molar-refractivity contribution in [1.82, 2.24) is 0 Å². The summed E-state index contributed by atoms with van der Waals surface area (Å²) >= 11 is 1.73. The van der Waals surface area contributed by atoms with Gasteiger partial charge in [-0.2, -0.15) is 0 Å². The lowest BCUT2D eigenvalue weighted by Gasteiger charge is -1.90. The van der Waals surface area contributed by atoms with Crippen LogP contribution >= 0.6 is 22.6 Å². The molecule has 1 unspecified atom stereocenters. The maximum absolute atomic E-state index is 10.5. The van der Waals surface area contributed by atoms with Crippen LogP contribution in [-0.4, -0.2) is 20.4 Å². The van der Waals surface area contributed by atoms with Gasteiger partial charge in [-0.3, -0.25) is 0 Å². The molecule has 0 aliphatic rings. The second kappa shape index (κ2) is 2.82. The van der Waals surface area contributed by atoms with E-state index in [0.717, 1.165) is 6.26 Å². The van der Waals surface area contributed by atoms with Crippen molar-refractivity contribution in [2.45, 2.75) is 0 Å². The lowest BCUT2D eigenvalue weighted by atomic mass is 10.8. The smallest absolute Gasteiger partial charge is 0.152 e. The van der Waals surface area contributed by atoms with Crippen molar-refractivity contribution in [2.24, 2.45) is 0 Å². The normalized spacial score (nSPS) is 17.0. The van der Waals surface area contributed by atoms with E-state index in [4.69, 9.17) is 1.37 Å². The first-order chi connectivity index (χ1) is 3.85. The molecule has 0 N–H and O–H groups in total. The van der Waals surface area contributed by atoms with Crippen LogP contribution in [0.2, 0.25) is 0 Å². The third-order valence-corrected chi connectivity index (χ3v) is 1.79. The van der Waals surface area contributed by atoms with Gasteiger partial charge in [0.15, 0.2) is 9.84 Å². The maximum Gasteiger partial charge on any atom is 0.152 e. The third kappa shape index (κ3) is 6.42. The van der Waals surface area contributed by atoms with E-state index in [1.807, 2.05) is 0 Å². The highest BCUT2D eigenvalue weighted by molar-refractivity contribution is 14.1. The Kier molecular flexibility index (Phi) is 2.30. The summed E-state index contributed by atoms with van der Waals surface area (Å²) in [5.74, 6) is 0. The van der Waals surface area contributed by atoms with E-state index in [1.165, 1.54) is 0 Å². The summed E-state index contributed by atoms with van der Waals surface area (Å²) in [6.07, 6.45) is 1.02. The highest BCUT2D eigenvalue weighted by Crippen LogP contribution is 2.03. The Bertz CT molecular complexity index is 209. The molecule has 0 saturated heterocycles. The predicted molar refractivity (Wildman–Crippen MR) is 42.9 cm³/mol. The standard InChI is InChI=1S/C4H7IO2S/c1-4(5)3-8(2,6)7/h1,3H2,2H3/i3D. The summed E-state index contributed by atoms with van der Waals surface area (Å²) < 4.78 is 28.4. The lowest BCUT2D eigenvalue weighted by Crippen LogP contribution is -2.01. The number of rotatable bonds is 2. The summed E-state index contributed by atoms with van der Waals surface area (Å²) in [6, 6.07) is 0. The van der Waals surface area contributed by atoms with Gasteiger partial charge >= 0.3 is 0 Å². The fourth-order valence-corrected chi connectivity index (χ4v) is 2.08. The molecule has 8 heavy (non-hydrogen) atoms. The molecule has 0 fully saturated rings. The van der Waals surface area contributed by atoms with Gasteiger partial charge in [-0.15, -0.1) is 0 Å². The summed E-state index contributed by atoms with van der Waals surface area (Å²) in [7, 11) is -3.24. The van der Waals surface area contributed by atoms with Crippen molar-refractivity contribution in [3.05, 3.63) is 10.2 Å². The number of hydrogen-bond donors (Lipinski definition) is 0. The van der Waals surface area contributed by atoms with Gasteiger partial charge in [0.05, 0.1) is 5.73 Å². The van der Waals surface area contributed by atoms with Crippen LogP contribution < -0.4 is 0 Å². The van der Waals surface area contributed by atoms with Crippen molar-refractivity contribution in [2.75, 3.05) is 12.0 Å². The fourth-order valence-electron chi connectivity index (χ4n) is 0.232. The number of hydrogen-bond acceptors (Lipinski definition) is 2. The van der Waals surface area contributed by atoms with Gasteiger partial charge in [0.2, 0.25) is 0 Å². The molecule has 0 saturated carbocycles. The van der Waals surface area contributed by atoms with Crippen LogP contribution in [0.25, 0.3) is 0 Å². The minimum absolute atomic E-state index is 0.329. The van der Waals surface area contributed by atoms with E-state index >= 15 is 0 Å². The lowest BCUT2D eigenvalue weighted by molar-refractivity contribution is 0.604. The van der Waals surface area contributed by atoms with Gasteiger partial charge in [-0.25, -0.2) is 8.42 Å². The Balaban J connectivity index is 4.43. The summed E-state index contributed by atoms with van der Waals surface area (Å²) in [5.41, 5.74) is -1.17. The van der Waals surface area contributed by atoms with Crippen LogP contribution in [0.4, 0.5) is 0 Å². The van der Waals surface area contributed by atoms with Gasteiger partial charge in [-0.05, 0) is 26.2 Å². The zero-order chi connectivity index (χ0) is 7.65. The molecule has 0 amide bonds. The van der Waals surface area contributed by atoms with Gasteiger partial charge in [0.1, 0.15) is 0 Å². The first kappa shape index (κ1) is 6.54. The summed E-state index contributed by atoms with van der Waals surface area (Å²) in [4.78, 5) is 0. The van der Waals surface area contributed by atoms with Gasteiger partial charge in [0, 0.05) is 7.63 Å². The quantitative estimate of drug-likeness (QED) is 0.681. The van der Waals surface area contributed by atoms with Crippen molar-refractivity contribution in [3.63, 3.8) is 0 Å². The van der Waals surface area contributed by atoms with E-state index in [2.05, 4.69) is 6.58 Å². The van der Waals surface area contributed by atoms with Gasteiger partial charge in [0.25, 0.3) is 0 Å². The molecule has 0 aromatic carbocycles. The zero-order valence-corrected chi connectivity index (χ0v) is 7.36. The van der Waals surface area contributed by atoms with Crippen LogP contribution in [0.5, 0.6) is 0 Å². The molecule has 0 aromatic heterocycles. The average Bonchev–Trinajstić information content (AvgIpc) is 1.62. The van der Waals surface area contributed by atoms with E-state index < -0.39 is 15.6 Å². The second-order valence-corrected chi connectivity index (χ2v) is 4.67. The molecule has 0 heterocycles. The van der Waals surface area contributed by atoms with Gasteiger partial charge in [-0.1, -0.05) is 6.58 Å². The molecule has 0 radical (unpaired) electrons. The van der Waals surface area contributed by atoms with Crippen LogP contribution in [0, 0.1) is 0 Å². The van der Waals surface area contributed by atoms with Crippen LogP contribution in [-0.2, 0) is 9.84 Å². The topological polar surface area (TPSA) is 34.1 Å². The molecular weight excluding hydrogens is 239 g/mol. The SMILES string of the molecule is [2H]C(C(=C)I)S(C)(=O)=O. The van der Waals surface area contributed by atoms with Gasteiger partial charge < -0.3 is 0 Å². The van der Waals surface area contributed by atoms with Crippen molar-refractivity contribution in [3.8, 4) is 0 Å². The fraction of sp³-hybridized carbons (Fsp3) is 0.500. The maximum atomic E-state index is 10.5. The average molecular weight is 247 g/mol. The zero-order valence-electron chi connectivity index (χ0n) is 5.39. The van der Waals surface area contributed by atoms with Crippen LogP contribution in [0.1, 0.15) is 1.37 Å². The molecule has 0 spiro atoms. The Morgan fingerprint density at radius 2 is 2.38 bits per heavy atom. The molecule has 0 bridgehead atoms. The highest BCUT2D eigenvalue weighted by Gasteiger charge is 2.00. The predicted octanol–water partition coefficient (Wildman–Crippen LogP) is 0.980. The Morgan fingerprint density at radius 1 is 2.00 bits per heavy atom. The molecule has 4 heteroatoms. The molecule has 0 rings (SSSR count). The molecule has 48 valence electrons. The first-order valence-electron chi connectivity index (χ1n) is 2.39. The minimum atomic E-state index is -3.24. The second-order valence-electron chi connectivity index (χ2n) is 1.39. The highest BCUT2D eigenvalue weighted by atomic mass is 127. The van der Waals surface area contributed by atoms with Crippen molar-refractivity contribution < 1.29 is 9.79 Å². The molecule has 0 aromatic rings. The summed E-state index contributed by atoms with van der Waals surface area (Å²) in [5, 5.41) is 0. The van der Waals surface area contributed by atoms with E-state index in [0.29, 0.717) is 3.58 Å². The van der Waals surface area contributed by atoms with Crippen molar-refractivity contribution >= 4 is 32.4 Å². The Morgan fingerprint density at radius 3 is 2.38 bits per heavy atom. The molecule has 2 nitrogen and oxygen atoms in total. The largest absolute Gasteiger partial charge is 0.229 e.